The fourth-order valence-electron chi connectivity index (χ4n) is 3.87. The quantitative estimate of drug-likeness (QED) is 0.119. The van der Waals surface area contributed by atoms with Gasteiger partial charge in [-0.1, -0.05) is 35.7 Å². The molecule has 0 saturated heterocycles. The van der Waals surface area contributed by atoms with E-state index in [-0.39, 0.29) is 31.6 Å². The average Bonchev–Trinajstić information content (AvgIpc) is 3.05. The fraction of sp³-hybridized carbons (Fsp3) is 0.0769. The van der Waals surface area contributed by atoms with Crippen LogP contribution in [0, 0.1) is 6.07 Å². The molecule has 3 aromatic heterocycles. The minimum Gasteiger partial charge on any atom is -0.512 e. The molecule has 3 aromatic carbocycles. The van der Waals surface area contributed by atoms with E-state index in [1.165, 1.54) is 40.1 Å². The Hall–Kier alpha value is -3.05. The van der Waals surface area contributed by atoms with Gasteiger partial charge in [-0.25, -0.2) is 0 Å². The van der Waals surface area contributed by atoms with E-state index in [2.05, 4.69) is 36.4 Å². The number of pyridine rings is 1. The van der Waals surface area contributed by atoms with E-state index in [1.807, 2.05) is 30.5 Å². The van der Waals surface area contributed by atoms with Gasteiger partial charge in [0.15, 0.2) is 5.78 Å². The summed E-state index contributed by atoms with van der Waals surface area (Å²) in [6.45, 7) is 2.85. The van der Waals surface area contributed by atoms with Gasteiger partial charge in [0.2, 0.25) is 0 Å². The monoisotopic (exact) mass is 617 g/mol. The van der Waals surface area contributed by atoms with Crippen LogP contribution in [0.25, 0.3) is 53.0 Å². The fourth-order valence-corrected chi connectivity index (χ4v) is 5.00. The maximum Gasteiger partial charge on any atom is 0.155 e. The van der Waals surface area contributed by atoms with Crippen LogP contribution >= 0.6 is 11.3 Å². The van der Waals surface area contributed by atoms with Crippen LogP contribution in [0.2, 0.25) is 0 Å². The normalized spacial score (nSPS) is 11.6. The number of carbonyl (C=O) groups is 1. The van der Waals surface area contributed by atoms with Crippen molar-refractivity contribution >= 4 is 70.1 Å². The predicted molar refractivity (Wildman–Crippen MR) is 128 cm³/mol. The van der Waals surface area contributed by atoms with Crippen molar-refractivity contribution in [2.75, 3.05) is 0 Å². The zero-order valence-corrected chi connectivity index (χ0v) is 20.5. The Morgan fingerprint density at radius 1 is 1.06 bits per heavy atom. The van der Waals surface area contributed by atoms with Crippen LogP contribution in [-0.4, -0.2) is 15.9 Å². The Morgan fingerprint density at radius 2 is 1.84 bits per heavy atom. The Kier molecular flexibility index (Phi) is 6.11. The number of allylic oxidation sites excluding steroid dienone is 2. The molecule has 0 unspecified atom stereocenters. The van der Waals surface area contributed by atoms with Crippen molar-refractivity contribution < 1.29 is 34.4 Å². The largest absolute Gasteiger partial charge is 0.512 e. The van der Waals surface area contributed by atoms with Gasteiger partial charge in [-0.3, -0.25) is 4.79 Å². The molecule has 0 aliphatic rings. The van der Waals surface area contributed by atoms with Gasteiger partial charge in [-0.15, -0.1) is 23.6 Å². The molecule has 3 heterocycles. The molecular formula is C26H18IrNO3S-. The van der Waals surface area contributed by atoms with Gasteiger partial charge in [0.1, 0.15) is 11.2 Å². The molecule has 1 radical (unpaired) electrons. The van der Waals surface area contributed by atoms with Crippen LogP contribution in [0.15, 0.2) is 77.0 Å². The third-order valence-corrected chi connectivity index (χ3v) is 6.15. The summed E-state index contributed by atoms with van der Waals surface area (Å²) >= 11 is 1.79. The van der Waals surface area contributed by atoms with Crippen molar-refractivity contribution in [2.24, 2.45) is 0 Å². The number of hydrogen-bond acceptors (Lipinski definition) is 5. The van der Waals surface area contributed by atoms with E-state index < -0.39 is 0 Å². The Labute approximate surface area is 201 Å². The molecule has 6 aromatic rings. The van der Waals surface area contributed by atoms with Crippen LogP contribution in [0.4, 0.5) is 0 Å². The molecule has 0 bridgehead atoms. The van der Waals surface area contributed by atoms with Crippen LogP contribution in [0.3, 0.4) is 0 Å². The summed E-state index contributed by atoms with van der Waals surface area (Å²) in [4.78, 5) is 14.7. The first-order chi connectivity index (χ1) is 15.0. The molecule has 0 saturated carbocycles. The van der Waals surface area contributed by atoms with Crippen molar-refractivity contribution in [1.82, 2.24) is 4.98 Å². The van der Waals surface area contributed by atoms with Crippen molar-refractivity contribution in [3.8, 4) is 0 Å². The van der Waals surface area contributed by atoms with Gasteiger partial charge in [-0.05, 0) is 30.7 Å². The number of aliphatic hydroxyl groups excluding tert-OH is 1. The summed E-state index contributed by atoms with van der Waals surface area (Å²) in [7, 11) is 0. The van der Waals surface area contributed by atoms with Crippen molar-refractivity contribution in [2.45, 2.75) is 13.8 Å². The number of rotatable bonds is 1. The first-order valence-corrected chi connectivity index (χ1v) is 10.6. The third kappa shape index (κ3) is 3.82. The maximum atomic E-state index is 10.0. The number of thiophene rings is 1. The van der Waals surface area contributed by atoms with Gasteiger partial charge >= 0.3 is 0 Å². The molecule has 0 atom stereocenters. The third-order valence-electron chi connectivity index (χ3n) is 5.03. The molecule has 4 nitrogen and oxygen atoms in total. The number of nitrogens with zero attached hydrogens (tertiary/aromatic N) is 1. The number of ketones is 1. The molecule has 0 fully saturated rings. The molecule has 0 amide bonds. The van der Waals surface area contributed by atoms with Crippen LogP contribution in [-0.2, 0) is 24.9 Å². The van der Waals surface area contributed by atoms with Gasteiger partial charge in [0.25, 0.3) is 0 Å². The Morgan fingerprint density at radius 3 is 2.59 bits per heavy atom. The minimum absolute atomic E-state index is 0. The standard InChI is InChI=1S/C21H10NOS.C5H8O2.Ir/c1-2-6-13-12(5-1)11-22-20-14-7-3-9-16-18(14)19-15(23-21(13)20)8-4-10-17(19)24-16;1-4(6)3-5(2)7;/h1-6,8-11H;3,6H,1-2H3;/q-1;;/b;4-3-;. The second-order valence-electron chi connectivity index (χ2n) is 7.34. The van der Waals surface area contributed by atoms with E-state index in [0.717, 1.165) is 32.8 Å². The maximum absolute atomic E-state index is 10.0. The molecule has 32 heavy (non-hydrogen) atoms. The second-order valence-corrected chi connectivity index (χ2v) is 8.43. The molecule has 0 aliphatic carbocycles. The smallest absolute Gasteiger partial charge is 0.155 e. The van der Waals surface area contributed by atoms with Crippen LogP contribution in [0.5, 0.6) is 0 Å². The van der Waals surface area contributed by atoms with Gasteiger partial charge < -0.3 is 14.5 Å². The molecule has 1 N–H and O–H groups in total. The summed E-state index contributed by atoms with van der Waals surface area (Å²) in [6.07, 6.45) is 3.09. The minimum atomic E-state index is -0.125. The summed E-state index contributed by atoms with van der Waals surface area (Å²) in [5.74, 6) is -0.0625. The van der Waals surface area contributed by atoms with Crippen LogP contribution < -0.4 is 0 Å². The predicted octanol–water partition coefficient (Wildman–Crippen LogP) is 7.34. The molecular weight excluding hydrogens is 599 g/mol. The zero-order valence-electron chi connectivity index (χ0n) is 17.3. The molecule has 6 heteroatoms. The molecule has 0 aliphatic heterocycles. The Bertz CT molecular complexity index is 1640. The number of hydrogen-bond donors (Lipinski definition) is 1. The zero-order chi connectivity index (χ0) is 21.5. The van der Waals surface area contributed by atoms with Crippen molar-refractivity contribution in [3.05, 3.63) is 78.7 Å². The number of aliphatic hydroxyl groups is 1. The first kappa shape index (κ1) is 22.2. The number of carbonyl (C=O) groups excluding carboxylic acids is 1. The summed E-state index contributed by atoms with van der Waals surface area (Å²) < 4.78 is 8.90. The summed E-state index contributed by atoms with van der Waals surface area (Å²) in [6, 6.07) is 22.0. The molecule has 0 spiro atoms. The van der Waals surface area contributed by atoms with Gasteiger partial charge in [0.05, 0.1) is 5.76 Å². The number of aromatic nitrogens is 1. The number of benzene rings is 3. The van der Waals surface area contributed by atoms with E-state index in [0.29, 0.717) is 0 Å². The second kappa shape index (κ2) is 8.83. The topological polar surface area (TPSA) is 63.3 Å². The van der Waals surface area contributed by atoms with E-state index in [4.69, 9.17) is 14.5 Å². The van der Waals surface area contributed by atoms with E-state index in [1.54, 1.807) is 11.3 Å². The van der Waals surface area contributed by atoms with E-state index >= 15 is 0 Å². The Balaban J connectivity index is 0.000000271. The van der Waals surface area contributed by atoms with Crippen LogP contribution in [0.1, 0.15) is 13.8 Å². The summed E-state index contributed by atoms with van der Waals surface area (Å²) in [5, 5.41) is 13.9. The van der Waals surface area contributed by atoms with E-state index in [9.17, 15) is 4.79 Å². The SMILES string of the molecule is CC(=O)/C=C(/C)O.[Ir].[c-]1ccc2sc3cccc4oc5c6ccccc6cnc5c1c2c43. The first-order valence-electron chi connectivity index (χ1n) is 9.82. The number of fused-ring (bicyclic) bond motifs is 4. The summed E-state index contributed by atoms with van der Waals surface area (Å²) in [5.41, 5.74) is 2.59. The van der Waals surface area contributed by atoms with Crippen molar-refractivity contribution in [3.63, 3.8) is 0 Å². The van der Waals surface area contributed by atoms with Crippen molar-refractivity contribution in [1.29, 1.82) is 0 Å². The molecule has 6 rings (SSSR count). The average molecular weight is 617 g/mol. The van der Waals surface area contributed by atoms with Gasteiger partial charge in [0, 0.05) is 58.8 Å². The van der Waals surface area contributed by atoms with Gasteiger partial charge in [-0.2, -0.15) is 11.3 Å². The molecule has 161 valence electrons.